The molecule has 0 saturated heterocycles. The second-order valence-electron chi connectivity index (χ2n) is 18.8. The topological polar surface area (TPSA) is 95.2 Å². The van der Waals surface area contributed by atoms with E-state index in [4.69, 9.17) is 0 Å². The van der Waals surface area contributed by atoms with Gasteiger partial charge in [0.2, 0.25) is 0 Å². The van der Waals surface area contributed by atoms with Crippen molar-refractivity contribution in [3.05, 3.63) is 174 Å². The van der Waals surface area contributed by atoms with Gasteiger partial charge in [-0.2, -0.15) is 21.0 Å². The van der Waals surface area contributed by atoms with Gasteiger partial charge in [-0.15, -0.1) is 0 Å². The van der Waals surface area contributed by atoms with Crippen LogP contribution in [0.15, 0.2) is 84.9 Å². The zero-order valence-corrected chi connectivity index (χ0v) is 42.6. The van der Waals surface area contributed by atoms with Gasteiger partial charge in [0, 0.05) is 0 Å². The fraction of sp³-hybridized carbons (Fsp3) is 0.364. The smallest absolute Gasteiger partial charge is 0.0998 e. The summed E-state index contributed by atoms with van der Waals surface area (Å²) in [6, 6.07) is 38.1. The summed E-state index contributed by atoms with van der Waals surface area (Å²) >= 11 is 0. The Morgan fingerprint density at radius 3 is 0.829 bits per heavy atom. The number of aryl methyl sites for hydroxylation is 4. The van der Waals surface area contributed by atoms with Crippen LogP contribution in [0.25, 0.3) is 48.6 Å². The van der Waals surface area contributed by atoms with E-state index in [1.807, 2.05) is 72.8 Å². The second kappa shape index (κ2) is 30.5. The first-order chi connectivity index (χ1) is 34.4. The highest BCUT2D eigenvalue weighted by Crippen LogP contribution is 2.30. The molecule has 0 N–H and O–H groups in total. The van der Waals surface area contributed by atoms with E-state index >= 15 is 0 Å². The van der Waals surface area contributed by atoms with Crippen LogP contribution in [0, 0.1) is 45.3 Å². The predicted octanol–water partition coefficient (Wildman–Crippen LogP) is 18.3. The summed E-state index contributed by atoms with van der Waals surface area (Å²) in [5.41, 5.74) is 16.0. The first-order valence-electron chi connectivity index (χ1n) is 26.4. The van der Waals surface area contributed by atoms with Gasteiger partial charge in [-0.05, 0) is 155 Å². The summed E-state index contributed by atoms with van der Waals surface area (Å²) < 4.78 is 0. The largest absolute Gasteiger partial charge is 0.192 e. The van der Waals surface area contributed by atoms with Crippen LogP contribution in [0.4, 0.5) is 0 Å². The van der Waals surface area contributed by atoms with E-state index in [2.05, 4.69) is 113 Å². The molecule has 0 aliphatic rings. The van der Waals surface area contributed by atoms with E-state index < -0.39 is 0 Å². The minimum atomic E-state index is 0.542. The van der Waals surface area contributed by atoms with Crippen molar-refractivity contribution in [1.29, 1.82) is 21.0 Å². The molecule has 5 aromatic carbocycles. The van der Waals surface area contributed by atoms with Crippen molar-refractivity contribution < 1.29 is 0 Å². The third kappa shape index (κ3) is 17.2. The van der Waals surface area contributed by atoms with Gasteiger partial charge in [-0.1, -0.05) is 202 Å². The van der Waals surface area contributed by atoms with E-state index in [1.54, 1.807) is 0 Å². The molecule has 0 bridgehead atoms. The van der Waals surface area contributed by atoms with E-state index in [9.17, 15) is 21.0 Å². The first kappa shape index (κ1) is 54.0. The average Bonchev–Trinajstić information content (AvgIpc) is 3.39. The maximum Gasteiger partial charge on any atom is 0.0998 e. The van der Waals surface area contributed by atoms with Crippen LogP contribution < -0.4 is 0 Å². The normalized spacial score (nSPS) is 11.4. The van der Waals surface area contributed by atoms with Gasteiger partial charge in [0.15, 0.2) is 0 Å². The van der Waals surface area contributed by atoms with Gasteiger partial charge in [0.25, 0.3) is 0 Å². The third-order valence-corrected chi connectivity index (χ3v) is 13.3. The Morgan fingerprint density at radius 1 is 0.300 bits per heavy atom. The fourth-order valence-corrected chi connectivity index (χ4v) is 9.08. The number of rotatable bonds is 28. The lowest BCUT2D eigenvalue weighted by atomic mass is 9.90. The van der Waals surface area contributed by atoms with Gasteiger partial charge in [0.1, 0.15) is 0 Å². The molecule has 0 radical (unpaired) electrons. The van der Waals surface area contributed by atoms with Crippen molar-refractivity contribution in [3.63, 3.8) is 0 Å². The summed E-state index contributed by atoms with van der Waals surface area (Å²) in [6.45, 7) is 8.98. The lowest BCUT2D eigenvalue weighted by Gasteiger charge is -2.14. The summed E-state index contributed by atoms with van der Waals surface area (Å²) in [5.74, 6) is 0. The van der Waals surface area contributed by atoms with Crippen molar-refractivity contribution in [3.8, 4) is 24.3 Å². The lowest BCUT2D eigenvalue weighted by molar-refractivity contribution is 0.663. The van der Waals surface area contributed by atoms with Crippen LogP contribution in [0.1, 0.15) is 219 Å². The Bertz CT molecular complexity index is 2540. The Hall–Kier alpha value is -6.98. The first-order valence-corrected chi connectivity index (χ1v) is 26.4. The lowest BCUT2D eigenvalue weighted by Crippen LogP contribution is -1.98. The molecule has 0 aromatic heterocycles. The summed E-state index contributed by atoms with van der Waals surface area (Å²) in [6.07, 6.45) is 39.8. The molecule has 4 nitrogen and oxygen atoms in total. The van der Waals surface area contributed by atoms with Gasteiger partial charge in [0.05, 0.1) is 46.5 Å². The summed E-state index contributed by atoms with van der Waals surface area (Å²) in [4.78, 5) is 0. The number of nitriles is 4. The molecule has 0 amide bonds. The molecule has 0 aliphatic heterocycles. The van der Waals surface area contributed by atoms with Crippen LogP contribution in [0.5, 0.6) is 0 Å². The molecular formula is C66H74N4. The van der Waals surface area contributed by atoms with Gasteiger partial charge < -0.3 is 0 Å². The van der Waals surface area contributed by atoms with E-state index in [0.29, 0.717) is 22.3 Å². The van der Waals surface area contributed by atoms with E-state index in [-0.39, 0.29) is 0 Å². The molecule has 0 aliphatic carbocycles. The van der Waals surface area contributed by atoms with Crippen molar-refractivity contribution >= 4 is 48.6 Å². The summed E-state index contributed by atoms with van der Waals surface area (Å²) in [7, 11) is 0. The SMILES string of the molecule is CCCCCCc1cc(/C=C/c2cc(C#N)c(/C=C/c3cc(CCCCCC)c(/C=C/c4ccc(C#N)cc4)cc3CCCCCC)cc2C#N)c(CCCCCC)cc1/C=C/c1ccc(C#N)cc1. The Morgan fingerprint density at radius 2 is 0.571 bits per heavy atom. The highest BCUT2D eigenvalue weighted by Gasteiger charge is 2.13. The quantitative estimate of drug-likeness (QED) is 0.0369. The van der Waals surface area contributed by atoms with Crippen LogP contribution in [-0.2, 0) is 25.7 Å². The van der Waals surface area contributed by atoms with Crippen LogP contribution in [-0.4, -0.2) is 0 Å². The molecule has 0 fully saturated rings. The van der Waals surface area contributed by atoms with Crippen molar-refractivity contribution in [2.45, 2.75) is 156 Å². The van der Waals surface area contributed by atoms with Gasteiger partial charge in [-0.25, -0.2) is 0 Å². The van der Waals surface area contributed by atoms with Crippen molar-refractivity contribution in [2.75, 3.05) is 0 Å². The maximum absolute atomic E-state index is 10.6. The Balaban J connectivity index is 1.53. The molecule has 4 heteroatoms. The molecule has 358 valence electrons. The fourth-order valence-electron chi connectivity index (χ4n) is 9.08. The zero-order chi connectivity index (χ0) is 49.8. The zero-order valence-electron chi connectivity index (χ0n) is 42.6. The van der Waals surface area contributed by atoms with E-state index in [0.717, 1.165) is 84.7 Å². The molecule has 5 aromatic rings. The van der Waals surface area contributed by atoms with Crippen LogP contribution in [0.2, 0.25) is 0 Å². The average molecular weight is 923 g/mol. The third-order valence-electron chi connectivity index (χ3n) is 13.3. The molecule has 0 atom stereocenters. The molecule has 0 spiro atoms. The van der Waals surface area contributed by atoms with Gasteiger partial charge >= 0.3 is 0 Å². The highest BCUT2D eigenvalue weighted by atomic mass is 14.3. The van der Waals surface area contributed by atoms with Gasteiger partial charge in [-0.3, -0.25) is 0 Å². The van der Waals surface area contributed by atoms with Crippen LogP contribution in [0.3, 0.4) is 0 Å². The van der Waals surface area contributed by atoms with Crippen molar-refractivity contribution in [2.24, 2.45) is 0 Å². The molecular weight excluding hydrogens is 849 g/mol. The summed E-state index contributed by atoms with van der Waals surface area (Å²) in [5, 5.41) is 39.9. The number of unbranched alkanes of at least 4 members (excludes halogenated alkanes) is 12. The molecule has 5 rings (SSSR count). The molecule has 0 unspecified atom stereocenters. The maximum atomic E-state index is 10.6. The predicted molar refractivity (Wildman–Crippen MR) is 298 cm³/mol. The van der Waals surface area contributed by atoms with Crippen LogP contribution >= 0.6 is 0 Å². The minimum absolute atomic E-state index is 0.542. The monoisotopic (exact) mass is 923 g/mol. The van der Waals surface area contributed by atoms with Crippen molar-refractivity contribution in [1.82, 2.24) is 0 Å². The number of benzene rings is 5. The Kier molecular flexibility index (Phi) is 23.5. The van der Waals surface area contributed by atoms with E-state index in [1.165, 1.54) is 110 Å². The minimum Gasteiger partial charge on any atom is -0.192 e. The highest BCUT2D eigenvalue weighted by molar-refractivity contribution is 5.82. The number of hydrogen-bond acceptors (Lipinski definition) is 4. The molecule has 0 saturated carbocycles. The second-order valence-corrected chi connectivity index (χ2v) is 18.8. The number of hydrogen-bond donors (Lipinski definition) is 0. The Labute approximate surface area is 422 Å². The molecule has 70 heavy (non-hydrogen) atoms. The number of nitrogens with zero attached hydrogens (tertiary/aromatic N) is 4. The standard InChI is InChI=1S/C66H74N4/c1-5-9-13-17-21-55-43-61(57(23-19-15-11-7-3)41-59(55)35-33-51-25-29-53(47-67)30-26-51)37-39-63-45-66(50-70)64(46-65(63)49-69)40-38-62-44-56(22-18-14-10-6-2)60(42-58(62)24-20-16-12-8-4)36-34-52-27-31-54(48-68)32-28-52/h25-46H,5-24H2,1-4H3/b35-33+,36-34+,39-37+,40-38+. The molecule has 0 heterocycles.